The smallest absolute Gasteiger partial charge is 0.309 e. The number of benzene rings is 1. The van der Waals surface area contributed by atoms with Crippen LogP contribution in [0.5, 0.6) is 0 Å². The van der Waals surface area contributed by atoms with Crippen molar-refractivity contribution in [2.24, 2.45) is 17.8 Å². The Morgan fingerprint density at radius 1 is 0.897 bits per heavy atom. The molecule has 0 N–H and O–H groups in total. The van der Waals surface area contributed by atoms with Gasteiger partial charge in [0.15, 0.2) is 0 Å². The molecule has 2 nitrogen and oxygen atoms in total. The lowest BCUT2D eigenvalue weighted by atomic mass is 9.75. The predicted molar refractivity (Wildman–Crippen MR) is 121 cm³/mol. The first-order valence-electron chi connectivity index (χ1n) is 11.7. The second-order valence-corrected chi connectivity index (χ2v) is 9.69. The van der Waals surface area contributed by atoms with Gasteiger partial charge in [-0.05, 0) is 74.0 Å². The summed E-state index contributed by atoms with van der Waals surface area (Å²) in [7, 11) is 0. The van der Waals surface area contributed by atoms with E-state index in [4.69, 9.17) is 16.3 Å². The monoisotopic (exact) mass is 416 g/mol. The van der Waals surface area contributed by atoms with Gasteiger partial charge in [-0.2, -0.15) is 0 Å². The quantitative estimate of drug-likeness (QED) is 0.307. The lowest BCUT2D eigenvalue weighted by Crippen LogP contribution is -2.24. The van der Waals surface area contributed by atoms with Crippen molar-refractivity contribution in [2.75, 3.05) is 0 Å². The molecule has 0 aromatic heterocycles. The minimum Gasteiger partial charge on any atom is -0.462 e. The number of esters is 1. The van der Waals surface area contributed by atoms with Crippen LogP contribution < -0.4 is 0 Å². The normalized spacial score (nSPS) is 27.3. The number of carbonyl (C=O) groups is 1. The molecule has 0 spiro atoms. The summed E-state index contributed by atoms with van der Waals surface area (Å²) in [6.07, 6.45) is 17.6. The number of aryl methyl sites for hydroxylation is 1. The molecule has 2 aliphatic rings. The van der Waals surface area contributed by atoms with Gasteiger partial charge in [0.05, 0.1) is 6.42 Å². The molecule has 0 aliphatic heterocycles. The van der Waals surface area contributed by atoms with Crippen molar-refractivity contribution >= 4 is 17.6 Å². The van der Waals surface area contributed by atoms with Crippen LogP contribution in [0.4, 0.5) is 0 Å². The van der Waals surface area contributed by atoms with E-state index in [0.717, 1.165) is 35.6 Å². The summed E-state index contributed by atoms with van der Waals surface area (Å²) < 4.78 is 5.53. The van der Waals surface area contributed by atoms with Crippen molar-refractivity contribution in [1.82, 2.24) is 0 Å². The Kier molecular flexibility index (Phi) is 9.11. The van der Waals surface area contributed by atoms with E-state index in [0.29, 0.717) is 6.42 Å². The van der Waals surface area contributed by atoms with Crippen LogP contribution in [-0.2, 0) is 16.0 Å². The van der Waals surface area contributed by atoms with Gasteiger partial charge in [-0.1, -0.05) is 68.3 Å². The Labute approximate surface area is 182 Å². The molecule has 2 saturated carbocycles. The molecule has 0 atom stereocenters. The highest BCUT2D eigenvalue weighted by molar-refractivity contribution is 6.30. The molecule has 3 heteroatoms. The lowest BCUT2D eigenvalue weighted by Gasteiger charge is -2.32. The molecule has 1 aromatic carbocycles. The van der Waals surface area contributed by atoms with Gasteiger partial charge in [0, 0.05) is 5.02 Å². The molecule has 160 valence electrons. The van der Waals surface area contributed by atoms with E-state index in [-0.39, 0.29) is 12.1 Å². The molecule has 0 unspecified atom stereocenters. The summed E-state index contributed by atoms with van der Waals surface area (Å²) in [6.45, 7) is 3.60. The first kappa shape index (κ1) is 22.4. The average Bonchev–Trinajstić information content (AvgIpc) is 2.74. The topological polar surface area (TPSA) is 26.3 Å². The van der Waals surface area contributed by atoms with Crippen molar-refractivity contribution in [3.05, 3.63) is 47.5 Å². The van der Waals surface area contributed by atoms with Crippen molar-refractivity contribution in [3.8, 4) is 0 Å². The van der Waals surface area contributed by atoms with Gasteiger partial charge < -0.3 is 4.74 Å². The first-order chi connectivity index (χ1) is 14.1. The third kappa shape index (κ3) is 7.81. The summed E-state index contributed by atoms with van der Waals surface area (Å²) in [5.74, 6) is 2.57. The minimum absolute atomic E-state index is 0.115. The van der Waals surface area contributed by atoms with Gasteiger partial charge in [-0.15, -0.1) is 6.58 Å². The summed E-state index contributed by atoms with van der Waals surface area (Å²) in [5, 5.41) is 0.830. The third-order valence-corrected chi connectivity index (χ3v) is 7.36. The Bertz CT molecular complexity index is 623. The van der Waals surface area contributed by atoms with Gasteiger partial charge in [0.1, 0.15) is 6.10 Å². The maximum absolute atomic E-state index is 11.6. The second kappa shape index (κ2) is 11.8. The number of hydrogen-bond acceptors (Lipinski definition) is 2. The third-order valence-electron chi connectivity index (χ3n) is 7.11. The molecular weight excluding hydrogens is 380 g/mol. The van der Waals surface area contributed by atoms with Crippen molar-refractivity contribution in [3.63, 3.8) is 0 Å². The Morgan fingerprint density at radius 3 is 1.97 bits per heavy atom. The maximum atomic E-state index is 11.6. The zero-order valence-corrected chi connectivity index (χ0v) is 18.5. The molecule has 2 aliphatic carbocycles. The summed E-state index contributed by atoms with van der Waals surface area (Å²) in [4.78, 5) is 11.6. The highest BCUT2D eigenvalue weighted by Crippen LogP contribution is 2.37. The molecule has 3 rings (SSSR count). The van der Waals surface area contributed by atoms with Crippen molar-refractivity contribution < 1.29 is 9.53 Å². The van der Waals surface area contributed by atoms with Crippen LogP contribution in [0, 0.1) is 17.8 Å². The standard InChI is InChI=1S/C26H37ClO2/c1-2-3-26(28)29-25-18-14-23(15-19-25)11-9-21-6-4-20(5-7-21)8-10-22-12-16-24(27)17-13-22/h2,12-13,16-17,20-21,23,25H,1,3-11,14-15,18-19H2/t20-,21-,23-,25-. The van der Waals surface area contributed by atoms with E-state index in [1.54, 1.807) is 6.08 Å². The van der Waals surface area contributed by atoms with Gasteiger partial charge in [-0.25, -0.2) is 0 Å². The molecule has 0 bridgehead atoms. The highest BCUT2D eigenvalue weighted by Gasteiger charge is 2.26. The van der Waals surface area contributed by atoms with E-state index in [9.17, 15) is 4.79 Å². The lowest BCUT2D eigenvalue weighted by molar-refractivity contribution is -0.149. The summed E-state index contributed by atoms with van der Waals surface area (Å²) in [6, 6.07) is 8.35. The number of carbonyl (C=O) groups excluding carboxylic acids is 1. The number of hydrogen-bond donors (Lipinski definition) is 0. The molecule has 0 amide bonds. The zero-order valence-electron chi connectivity index (χ0n) is 17.8. The molecule has 29 heavy (non-hydrogen) atoms. The van der Waals surface area contributed by atoms with Crippen LogP contribution in [0.1, 0.15) is 82.6 Å². The predicted octanol–water partition coefficient (Wildman–Crippen LogP) is 7.54. The molecular formula is C26H37ClO2. The van der Waals surface area contributed by atoms with Gasteiger partial charge >= 0.3 is 5.97 Å². The van der Waals surface area contributed by atoms with Gasteiger partial charge in [0.2, 0.25) is 0 Å². The Hall–Kier alpha value is -1.28. The largest absolute Gasteiger partial charge is 0.462 e. The SMILES string of the molecule is C=CCC(=O)O[C@H]1CC[C@H](CC[C@H]2CC[C@H](CCc3ccc(Cl)cc3)CC2)CC1. The zero-order chi connectivity index (χ0) is 20.5. The van der Waals surface area contributed by atoms with Crippen LogP contribution >= 0.6 is 11.6 Å². The maximum Gasteiger partial charge on any atom is 0.309 e. The van der Waals surface area contributed by atoms with E-state index in [1.165, 1.54) is 69.8 Å². The minimum atomic E-state index is -0.115. The first-order valence-corrected chi connectivity index (χ1v) is 12.0. The molecule has 0 heterocycles. The Balaban J connectivity index is 1.26. The van der Waals surface area contributed by atoms with Crippen molar-refractivity contribution in [2.45, 2.75) is 89.6 Å². The van der Waals surface area contributed by atoms with Crippen LogP contribution in [0.15, 0.2) is 36.9 Å². The average molecular weight is 417 g/mol. The van der Waals surface area contributed by atoms with E-state index in [2.05, 4.69) is 18.7 Å². The fourth-order valence-corrected chi connectivity index (χ4v) is 5.32. The molecule has 2 fully saturated rings. The number of halogens is 1. The molecule has 0 saturated heterocycles. The Morgan fingerprint density at radius 2 is 1.41 bits per heavy atom. The fraction of sp³-hybridized carbons (Fsp3) is 0.654. The summed E-state index contributed by atoms with van der Waals surface area (Å²) >= 11 is 5.98. The molecule has 0 radical (unpaired) electrons. The van der Waals surface area contributed by atoms with Crippen LogP contribution in [-0.4, -0.2) is 12.1 Å². The van der Waals surface area contributed by atoms with Gasteiger partial charge in [0.25, 0.3) is 0 Å². The van der Waals surface area contributed by atoms with E-state index >= 15 is 0 Å². The van der Waals surface area contributed by atoms with E-state index in [1.807, 2.05) is 12.1 Å². The van der Waals surface area contributed by atoms with Crippen LogP contribution in [0.2, 0.25) is 5.02 Å². The number of rotatable bonds is 9. The summed E-state index contributed by atoms with van der Waals surface area (Å²) in [5.41, 5.74) is 1.42. The van der Waals surface area contributed by atoms with Crippen molar-refractivity contribution in [1.29, 1.82) is 0 Å². The van der Waals surface area contributed by atoms with Crippen LogP contribution in [0.25, 0.3) is 0 Å². The fourth-order valence-electron chi connectivity index (χ4n) is 5.19. The number of ether oxygens (including phenoxy) is 1. The van der Waals surface area contributed by atoms with E-state index < -0.39 is 0 Å². The van der Waals surface area contributed by atoms with Gasteiger partial charge in [-0.3, -0.25) is 4.79 Å². The second-order valence-electron chi connectivity index (χ2n) is 9.25. The van der Waals surface area contributed by atoms with Crippen LogP contribution in [0.3, 0.4) is 0 Å². The molecule has 1 aromatic rings. The highest BCUT2D eigenvalue weighted by atomic mass is 35.5.